The third-order valence-electron chi connectivity index (χ3n) is 13.8. The average Bonchev–Trinajstić information content (AvgIpc) is 4.08. The van der Waals surface area contributed by atoms with Crippen molar-refractivity contribution in [2.75, 3.05) is 4.90 Å². The molecule has 0 aliphatic carbocycles. The van der Waals surface area contributed by atoms with Crippen LogP contribution in [0.25, 0.3) is 82.7 Å². The summed E-state index contributed by atoms with van der Waals surface area (Å²) in [5, 5.41) is 5.43. The van der Waals surface area contributed by atoms with E-state index < -0.39 is 0 Å². The number of benzene rings is 9. The Morgan fingerprint density at radius 1 is 0.449 bits per heavy atom. The second kappa shape index (κ2) is 15.7. The number of furan rings is 2. The van der Waals surface area contributed by atoms with Gasteiger partial charge in [-0.3, -0.25) is 0 Å². The van der Waals surface area contributed by atoms with Crippen LogP contribution in [0.2, 0.25) is 0 Å². The van der Waals surface area contributed by atoms with Gasteiger partial charge in [0.2, 0.25) is 0 Å². The van der Waals surface area contributed by atoms with E-state index in [1.807, 2.05) is 30.3 Å². The van der Waals surface area contributed by atoms with Crippen molar-refractivity contribution in [3.05, 3.63) is 253 Å². The number of aromatic nitrogens is 1. The minimum atomic E-state index is 0.0319. The van der Waals surface area contributed by atoms with Crippen LogP contribution in [0.3, 0.4) is 0 Å². The summed E-state index contributed by atoms with van der Waals surface area (Å²) in [5.41, 5.74) is 16.5. The molecule has 4 heterocycles. The maximum absolute atomic E-state index is 6.91. The molecule has 0 bridgehead atoms. The van der Waals surface area contributed by atoms with E-state index in [2.05, 4.69) is 216 Å². The van der Waals surface area contributed by atoms with E-state index >= 15 is 0 Å². The van der Waals surface area contributed by atoms with E-state index in [0.29, 0.717) is 0 Å². The monoisotopic (exact) mass is 884 g/mol. The number of anilines is 3. The summed E-state index contributed by atoms with van der Waals surface area (Å²) in [6.07, 6.45) is 0.819. The fourth-order valence-corrected chi connectivity index (χ4v) is 10.6. The molecule has 10 aromatic carbocycles. The average molecular weight is 885 g/mol. The number of fused-ring (bicyclic) bond motifs is 10. The van der Waals surface area contributed by atoms with Gasteiger partial charge in [0.05, 0.1) is 11.2 Å². The van der Waals surface area contributed by atoms with Crippen LogP contribution in [-0.4, -0.2) is 4.57 Å². The third kappa shape index (κ3) is 6.49. The molecule has 1 unspecified atom stereocenters. The summed E-state index contributed by atoms with van der Waals surface area (Å²) in [6.45, 7) is 0. The fourth-order valence-electron chi connectivity index (χ4n) is 10.6. The van der Waals surface area contributed by atoms with Crippen molar-refractivity contribution < 1.29 is 13.6 Å². The Morgan fingerprint density at radius 3 is 1.72 bits per heavy atom. The summed E-state index contributed by atoms with van der Waals surface area (Å²) < 4.78 is 22.2. The van der Waals surface area contributed by atoms with E-state index in [-0.39, 0.29) is 5.92 Å². The predicted molar refractivity (Wildman–Crippen MR) is 280 cm³/mol. The first-order valence-electron chi connectivity index (χ1n) is 23.4. The predicted octanol–water partition coefficient (Wildman–Crippen LogP) is 17.3. The second-order valence-electron chi connectivity index (χ2n) is 17.9. The summed E-state index contributed by atoms with van der Waals surface area (Å²) in [4.78, 5) is 2.29. The van der Waals surface area contributed by atoms with Crippen molar-refractivity contribution in [2.45, 2.75) is 12.3 Å². The van der Waals surface area contributed by atoms with Gasteiger partial charge in [-0.1, -0.05) is 127 Å². The normalized spacial score (nSPS) is 13.1. The quantitative estimate of drug-likeness (QED) is 0.152. The van der Waals surface area contributed by atoms with Gasteiger partial charge in [-0.2, -0.15) is 0 Å². The zero-order valence-electron chi connectivity index (χ0n) is 37.3. The maximum atomic E-state index is 6.91. The lowest BCUT2D eigenvalue weighted by Gasteiger charge is -2.27. The summed E-state index contributed by atoms with van der Waals surface area (Å²) in [7, 11) is 0. The summed E-state index contributed by atoms with van der Waals surface area (Å²) in [5.74, 6) is 1.63. The molecule has 1 aliphatic heterocycles. The van der Waals surface area contributed by atoms with Crippen LogP contribution in [0.15, 0.2) is 233 Å². The van der Waals surface area contributed by atoms with Crippen molar-refractivity contribution in [1.29, 1.82) is 0 Å². The lowest BCUT2D eigenvalue weighted by molar-refractivity contribution is 0.445. The van der Waals surface area contributed by atoms with Gasteiger partial charge in [0.1, 0.15) is 22.3 Å². The highest BCUT2D eigenvalue weighted by Gasteiger charge is 2.34. The number of hydrogen-bond donors (Lipinski definition) is 0. The standard InChI is InChI=1S/C64H40N2O3/c1-3-15-41(16-4-1)35-55-52-25-9-12-28-60(52)69-64-56-38-45(29-34-57(56)66(63(55)64)46-20-5-2-6-21-46)43-18-13-17-42(36-43)44-19-14-22-47(37-44)65(48-30-32-53-50-23-7-10-26-58(50)67-61(53)39-48)49-31-33-54-51-24-8-11-27-59(51)68-62(54)40-49/h1-11,13-27,29-34,36-40,55H,35H2. The first kappa shape index (κ1) is 39.0. The number of ether oxygens (including phenoxy) is 1. The number of rotatable bonds is 8. The molecule has 0 saturated carbocycles. The molecule has 14 rings (SSSR count). The molecule has 3 aromatic heterocycles. The molecule has 1 atom stereocenters. The molecule has 324 valence electrons. The van der Waals surface area contributed by atoms with E-state index in [0.717, 1.165) is 129 Å². The Bertz CT molecular complexity index is 3990. The highest BCUT2D eigenvalue weighted by atomic mass is 16.5. The minimum absolute atomic E-state index is 0.0319. The molecule has 0 radical (unpaired) electrons. The molecule has 13 aromatic rings. The zero-order valence-corrected chi connectivity index (χ0v) is 37.3. The summed E-state index contributed by atoms with van der Waals surface area (Å²) in [6, 6.07) is 85.8. The molecule has 1 aliphatic rings. The van der Waals surface area contributed by atoms with Crippen LogP contribution < -0.4 is 9.64 Å². The van der Waals surface area contributed by atoms with Crippen LogP contribution in [0, 0.1) is 12.1 Å². The Hall–Kier alpha value is -9.24. The van der Waals surface area contributed by atoms with Gasteiger partial charge >= 0.3 is 0 Å². The van der Waals surface area contributed by atoms with Gasteiger partial charge < -0.3 is 23.0 Å². The molecule has 0 fully saturated rings. The van der Waals surface area contributed by atoms with E-state index in [9.17, 15) is 0 Å². The van der Waals surface area contributed by atoms with Crippen LogP contribution in [0.1, 0.15) is 22.7 Å². The molecule has 0 saturated heterocycles. The van der Waals surface area contributed by atoms with Crippen LogP contribution in [-0.2, 0) is 6.42 Å². The lowest BCUT2D eigenvalue weighted by Crippen LogP contribution is -2.15. The topological polar surface area (TPSA) is 43.7 Å². The molecule has 5 nitrogen and oxygen atoms in total. The fraction of sp³-hybridized carbons (Fsp3) is 0.0312. The lowest BCUT2D eigenvalue weighted by atomic mass is 9.86. The number of hydrogen-bond acceptors (Lipinski definition) is 4. The Morgan fingerprint density at radius 2 is 1.03 bits per heavy atom. The van der Waals surface area contributed by atoms with Gasteiger partial charge in [0, 0.05) is 73.3 Å². The summed E-state index contributed by atoms with van der Waals surface area (Å²) >= 11 is 0. The molecular formula is C64H40N2O3. The maximum Gasteiger partial charge on any atom is 0.181 e. The highest BCUT2D eigenvalue weighted by molar-refractivity contribution is 6.08. The van der Waals surface area contributed by atoms with E-state index in [1.165, 1.54) is 5.56 Å². The van der Waals surface area contributed by atoms with Crippen LogP contribution in [0.5, 0.6) is 11.5 Å². The Labute approximate surface area is 398 Å². The van der Waals surface area contributed by atoms with Gasteiger partial charge in [0.15, 0.2) is 11.5 Å². The van der Waals surface area contributed by atoms with Gasteiger partial charge in [-0.25, -0.2) is 0 Å². The van der Waals surface area contributed by atoms with Crippen molar-refractivity contribution in [3.63, 3.8) is 0 Å². The second-order valence-corrected chi connectivity index (χ2v) is 17.9. The smallest absolute Gasteiger partial charge is 0.181 e. The Balaban J connectivity index is 0.886. The highest BCUT2D eigenvalue weighted by Crippen LogP contribution is 2.51. The molecule has 69 heavy (non-hydrogen) atoms. The van der Waals surface area contributed by atoms with Crippen molar-refractivity contribution >= 4 is 71.8 Å². The van der Waals surface area contributed by atoms with Crippen molar-refractivity contribution in [1.82, 2.24) is 4.57 Å². The molecule has 5 heteroatoms. The van der Waals surface area contributed by atoms with E-state index in [4.69, 9.17) is 13.6 Å². The van der Waals surface area contributed by atoms with Crippen LogP contribution in [0.4, 0.5) is 17.1 Å². The van der Waals surface area contributed by atoms with E-state index in [1.54, 1.807) is 0 Å². The van der Waals surface area contributed by atoms with Gasteiger partial charge in [-0.05, 0) is 131 Å². The number of nitrogens with zero attached hydrogens (tertiary/aromatic N) is 2. The van der Waals surface area contributed by atoms with Crippen LogP contribution >= 0.6 is 0 Å². The molecule has 0 N–H and O–H groups in total. The van der Waals surface area contributed by atoms with Gasteiger partial charge in [-0.15, -0.1) is 0 Å². The zero-order chi connectivity index (χ0) is 45.4. The minimum Gasteiger partial charge on any atom is -0.456 e. The van der Waals surface area contributed by atoms with Crippen molar-refractivity contribution in [3.8, 4) is 39.4 Å². The third-order valence-corrected chi connectivity index (χ3v) is 13.8. The number of para-hydroxylation sites is 3. The van der Waals surface area contributed by atoms with Gasteiger partial charge in [0.25, 0.3) is 0 Å². The molecular weight excluding hydrogens is 845 g/mol. The first-order valence-corrected chi connectivity index (χ1v) is 23.4. The molecule has 0 spiro atoms. The largest absolute Gasteiger partial charge is 0.456 e. The molecule has 0 amide bonds. The Kier molecular flexibility index (Phi) is 8.87. The van der Waals surface area contributed by atoms with Crippen molar-refractivity contribution in [2.24, 2.45) is 0 Å². The SMILES string of the molecule is c1ccc2c(c#1)Oc1c(n(-c3ccccc3)c3ccc(-c4cccc(-c5cccc(N(c6ccc7c(c6)oc6ccccc67)c6ccc7c(c6)oc6ccccc67)c5)c4)cc13)C2Cc1ccccc1. The first-order chi connectivity index (χ1) is 34.2.